The number of ether oxygens (including phenoxy) is 2. The van der Waals surface area contributed by atoms with Gasteiger partial charge >= 0.3 is 0 Å². The van der Waals surface area contributed by atoms with Crippen LogP contribution in [0.1, 0.15) is 120 Å². The van der Waals surface area contributed by atoms with E-state index in [-0.39, 0.29) is 5.60 Å². The van der Waals surface area contributed by atoms with Gasteiger partial charge in [-0.05, 0) is 112 Å². The minimum absolute atomic E-state index is 0.134. The number of nitrogen functional groups attached to an aromatic ring is 1. The summed E-state index contributed by atoms with van der Waals surface area (Å²) in [5.41, 5.74) is 19.1. The minimum atomic E-state index is -0.134. The standard InChI is InChI=1S/C35H56N2O2/c1-24(2)12-8-13-25(3)14-9-16-30(36)18-11-20-35(7)21-19-32-28(6)33(26(4)27(5)34(32)39-35)38-23-29-15-10-17-31(37)22-29/h10,15,17,22,24-25,30H,8-9,11-14,16,18-21,23,36-37H2,1-7H3/t25-,30-,35-/m1/s1. The number of hydrogen-bond donors (Lipinski definition) is 2. The summed E-state index contributed by atoms with van der Waals surface area (Å²) >= 11 is 0. The van der Waals surface area contributed by atoms with E-state index in [1.165, 1.54) is 54.4 Å². The summed E-state index contributed by atoms with van der Waals surface area (Å²) in [6.07, 6.45) is 13.1. The van der Waals surface area contributed by atoms with Crippen LogP contribution in [0.25, 0.3) is 0 Å². The van der Waals surface area contributed by atoms with Gasteiger partial charge in [-0.25, -0.2) is 0 Å². The van der Waals surface area contributed by atoms with Gasteiger partial charge in [-0.2, -0.15) is 0 Å². The third kappa shape index (κ3) is 9.17. The first-order valence-electron chi connectivity index (χ1n) is 15.5. The summed E-state index contributed by atoms with van der Waals surface area (Å²) in [5, 5.41) is 0. The molecular formula is C35H56N2O2. The Morgan fingerprint density at radius 2 is 1.62 bits per heavy atom. The molecule has 1 aliphatic heterocycles. The summed E-state index contributed by atoms with van der Waals surface area (Å²) in [4.78, 5) is 0. The van der Waals surface area contributed by atoms with Gasteiger partial charge in [-0.15, -0.1) is 0 Å². The van der Waals surface area contributed by atoms with Gasteiger partial charge in [0.2, 0.25) is 0 Å². The van der Waals surface area contributed by atoms with Crippen LogP contribution in [0.2, 0.25) is 0 Å². The van der Waals surface area contributed by atoms with E-state index in [9.17, 15) is 0 Å². The summed E-state index contributed by atoms with van der Waals surface area (Å²) in [6.45, 7) is 16.3. The van der Waals surface area contributed by atoms with Crippen molar-refractivity contribution in [1.29, 1.82) is 0 Å². The Labute approximate surface area is 239 Å². The topological polar surface area (TPSA) is 70.5 Å². The van der Waals surface area contributed by atoms with Gasteiger partial charge < -0.3 is 20.9 Å². The quantitative estimate of drug-likeness (QED) is 0.223. The SMILES string of the molecule is Cc1c(C)c2c(c(C)c1OCc1cccc(N)c1)CC[C@@](C)(CCC[C@H](N)CCC[C@H](C)CCCC(C)C)O2. The molecule has 0 aromatic heterocycles. The predicted molar refractivity (Wildman–Crippen MR) is 167 cm³/mol. The number of anilines is 1. The molecule has 0 aliphatic carbocycles. The Morgan fingerprint density at radius 1 is 0.923 bits per heavy atom. The molecule has 0 radical (unpaired) electrons. The Hall–Kier alpha value is -2.20. The fourth-order valence-electron chi connectivity index (χ4n) is 6.14. The molecule has 4 heteroatoms. The van der Waals surface area contributed by atoms with E-state index in [0.29, 0.717) is 12.6 Å². The van der Waals surface area contributed by atoms with Gasteiger partial charge in [0.1, 0.15) is 23.7 Å². The number of rotatable bonds is 15. The molecular weight excluding hydrogens is 480 g/mol. The molecule has 0 bridgehead atoms. The molecule has 0 amide bonds. The summed E-state index contributed by atoms with van der Waals surface area (Å²) in [6, 6.07) is 8.22. The molecule has 218 valence electrons. The zero-order valence-corrected chi connectivity index (χ0v) is 26.0. The number of benzene rings is 2. The molecule has 1 aliphatic rings. The lowest BCUT2D eigenvalue weighted by molar-refractivity contribution is 0.0517. The number of nitrogens with two attached hydrogens (primary N) is 2. The second-order valence-electron chi connectivity index (χ2n) is 13.1. The van der Waals surface area contributed by atoms with Crippen molar-refractivity contribution >= 4 is 5.69 Å². The molecule has 4 N–H and O–H groups in total. The van der Waals surface area contributed by atoms with Crippen LogP contribution in [0.5, 0.6) is 11.5 Å². The van der Waals surface area contributed by atoms with Gasteiger partial charge in [-0.1, -0.05) is 65.0 Å². The van der Waals surface area contributed by atoms with Crippen molar-refractivity contribution in [3.05, 3.63) is 52.1 Å². The first-order valence-corrected chi connectivity index (χ1v) is 15.5. The average Bonchev–Trinajstić information content (AvgIpc) is 2.87. The second kappa shape index (κ2) is 14.4. The molecule has 0 saturated carbocycles. The van der Waals surface area contributed by atoms with Gasteiger partial charge in [0.05, 0.1) is 0 Å². The zero-order valence-electron chi connectivity index (χ0n) is 26.0. The highest BCUT2D eigenvalue weighted by atomic mass is 16.5. The Morgan fingerprint density at radius 3 is 2.31 bits per heavy atom. The molecule has 0 spiro atoms. The zero-order chi connectivity index (χ0) is 28.6. The van der Waals surface area contributed by atoms with Gasteiger partial charge in [0, 0.05) is 17.3 Å². The fourth-order valence-corrected chi connectivity index (χ4v) is 6.14. The minimum Gasteiger partial charge on any atom is -0.488 e. The normalized spacial score (nSPS) is 18.5. The summed E-state index contributed by atoms with van der Waals surface area (Å²) in [7, 11) is 0. The van der Waals surface area contributed by atoms with Crippen LogP contribution >= 0.6 is 0 Å². The highest BCUT2D eigenvalue weighted by molar-refractivity contribution is 5.59. The molecule has 0 fully saturated rings. The Balaban J connectivity index is 1.49. The van der Waals surface area contributed by atoms with Crippen LogP contribution < -0.4 is 20.9 Å². The van der Waals surface area contributed by atoms with Gasteiger partial charge in [0.25, 0.3) is 0 Å². The first kappa shape index (κ1) is 31.3. The second-order valence-corrected chi connectivity index (χ2v) is 13.1. The van der Waals surface area contributed by atoms with Crippen LogP contribution in [0.3, 0.4) is 0 Å². The largest absolute Gasteiger partial charge is 0.488 e. The molecule has 2 aromatic carbocycles. The fraction of sp³-hybridized carbons (Fsp3) is 0.657. The maximum atomic E-state index is 6.78. The monoisotopic (exact) mass is 536 g/mol. The van der Waals surface area contributed by atoms with E-state index in [1.54, 1.807) is 0 Å². The van der Waals surface area contributed by atoms with Gasteiger partial charge in [0.15, 0.2) is 0 Å². The third-order valence-corrected chi connectivity index (χ3v) is 8.93. The molecule has 3 atom stereocenters. The molecule has 39 heavy (non-hydrogen) atoms. The van der Waals surface area contributed by atoms with Gasteiger partial charge in [-0.3, -0.25) is 0 Å². The molecule has 1 heterocycles. The van der Waals surface area contributed by atoms with Crippen molar-refractivity contribution in [2.24, 2.45) is 17.6 Å². The molecule has 2 aromatic rings. The maximum Gasteiger partial charge on any atom is 0.127 e. The summed E-state index contributed by atoms with van der Waals surface area (Å²) in [5.74, 6) is 3.71. The predicted octanol–water partition coefficient (Wildman–Crippen LogP) is 8.99. The first-order chi connectivity index (χ1) is 18.5. The number of fused-ring (bicyclic) bond motifs is 1. The molecule has 0 unspecified atom stereocenters. The number of hydrogen-bond acceptors (Lipinski definition) is 4. The van der Waals surface area contributed by atoms with Crippen molar-refractivity contribution in [1.82, 2.24) is 0 Å². The highest BCUT2D eigenvalue weighted by Crippen LogP contribution is 2.45. The third-order valence-electron chi connectivity index (χ3n) is 8.93. The summed E-state index contributed by atoms with van der Waals surface area (Å²) < 4.78 is 13.1. The Bertz CT molecular complexity index is 1060. The molecule has 0 saturated heterocycles. The van der Waals surface area contributed by atoms with E-state index < -0.39 is 0 Å². The average molecular weight is 537 g/mol. The molecule has 3 rings (SSSR count). The van der Waals surface area contributed by atoms with Crippen molar-refractivity contribution in [3.63, 3.8) is 0 Å². The van der Waals surface area contributed by atoms with Crippen molar-refractivity contribution < 1.29 is 9.47 Å². The van der Waals surface area contributed by atoms with Crippen molar-refractivity contribution in [2.45, 2.75) is 137 Å². The van der Waals surface area contributed by atoms with Crippen LogP contribution in [-0.2, 0) is 13.0 Å². The van der Waals surface area contributed by atoms with E-state index >= 15 is 0 Å². The van der Waals surface area contributed by atoms with E-state index in [0.717, 1.165) is 73.1 Å². The van der Waals surface area contributed by atoms with Crippen LogP contribution in [0.4, 0.5) is 5.69 Å². The van der Waals surface area contributed by atoms with E-state index in [2.05, 4.69) is 54.5 Å². The van der Waals surface area contributed by atoms with Crippen LogP contribution in [-0.4, -0.2) is 11.6 Å². The van der Waals surface area contributed by atoms with E-state index in [4.69, 9.17) is 20.9 Å². The van der Waals surface area contributed by atoms with Crippen LogP contribution in [0.15, 0.2) is 24.3 Å². The van der Waals surface area contributed by atoms with Crippen LogP contribution in [0, 0.1) is 32.6 Å². The lowest BCUT2D eigenvalue weighted by Crippen LogP contribution is -2.37. The maximum absolute atomic E-state index is 6.78. The highest BCUT2D eigenvalue weighted by Gasteiger charge is 2.34. The lowest BCUT2D eigenvalue weighted by Gasteiger charge is -2.38. The van der Waals surface area contributed by atoms with Crippen molar-refractivity contribution in [3.8, 4) is 11.5 Å². The molecule has 4 nitrogen and oxygen atoms in total. The van der Waals surface area contributed by atoms with E-state index in [1.807, 2.05) is 18.2 Å². The Kier molecular flexibility index (Phi) is 11.6. The lowest BCUT2D eigenvalue weighted by atomic mass is 9.84. The smallest absolute Gasteiger partial charge is 0.127 e. The van der Waals surface area contributed by atoms with Crippen molar-refractivity contribution in [2.75, 3.05) is 5.73 Å².